The van der Waals surface area contributed by atoms with Gasteiger partial charge in [-0.05, 0) is 64.0 Å². The first-order valence-corrected chi connectivity index (χ1v) is 12.9. The molecular weight excluding hydrogens is 511 g/mol. The average Bonchev–Trinajstić information content (AvgIpc) is 3.45. The lowest BCUT2D eigenvalue weighted by molar-refractivity contribution is -0.142. The van der Waals surface area contributed by atoms with Gasteiger partial charge in [0.2, 0.25) is 5.91 Å². The Morgan fingerprint density at radius 2 is 1.92 bits per heavy atom. The van der Waals surface area contributed by atoms with Gasteiger partial charge in [0.25, 0.3) is 0 Å². The van der Waals surface area contributed by atoms with E-state index in [-0.39, 0.29) is 5.91 Å². The second-order valence-electron chi connectivity index (χ2n) is 9.93. The molecule has 12 heteroatoms. The van der Waals surface area contributed by atoms with Crippen LogP contribution in [0.25, 0.3) is 28.1 Å². The number of carbonyl (C=O) groups excluding carboxylic acids is 1. The van der Waals surface area contributed by atoms with Gasteiger partial charge in [0.15, 0.2) is 0 Å². The summed E-state index contributed by atoms with van der Waals surface area (Å²) in [5, 5.41) is 17.3. The van der Waals surface area contributed by atoms with Crippen molar-refractivity contribution in [3.63, 3.8) is 0 Å². The molecule has 1 aliphatic rings. The van der Waals surface area contributed by atoms with Crippen LogP contribution in [0.3, 0.4) is 0 Å². The molecular formula is C27H30F3N7O2. The second-order valence-corrected chi connectivity index (χ2v) is 9.93. The Balaban J connectivity index is 1.43. The zero-order chi connectivity index (χ0) is 27.7. The third-order valence-electron chi connectivity index (χ3n) is 6.80. The molecule has 3 aromatic heterocycles. The van der Waals surface area contributed by atoms with Gasteiger partial charge in [0.05, 0.1) is 35.1 Å². The number of hydrogen-bond donors (Lipinski definition) is 2. The molecule has 2 N–H and O–H groups in total. The van der Waals surface area contributed by atoms with Crippen LogP contribution in [0.2, 0.25) is 0 Å². The zero-order valence-corrected chi connectivity index (χ0v) is 21.7. The maximum Gasteiger partial charge on any atom is 0.408 e. The molecule has 1 aliphatic heterocycles. The number of halogens is 3. The number of piperidine rings is 1. The van der Waals surface area contributed by atoms with Gasteiger partial charge in [0.1, 0.15) is 18.7 Å². The number of aryl methyl sites for hydroxylation is 1. The molecule has 0 aliphatic carbocycles. The van der Waals surface area contributed by atoms with Crippen molar-refractivity contribution < 1.29 is 23.1 Å². The predicted molar refractivity (Wildman–Crippen MR) is 140 cm³/mol. The van der Waals surface area contributed by atoms with Crippen LogP contribution in [-0.2, 0) is 11.3 Å². The number of nitrogens with one attached hydrogen (secondary N) is 1. The number of fused-ring (bicyclic) bond motifs is 1. The summed E-state index contributed by atoms with van der Waals surface area (Å²) in [6.07, 6.45) is 1.00. The highest BCUT2D eigenvalue weighted by atomic mass is 19.4. The minimum Gasteiger partial charge on any atom is -0.389 e. The van der Waals surface area contributed by atoms with Crippen molar-refractivity contribution in [2.45, 2.75) is 51.9 Å². The molecule has 1 aromatic carbocycles. The van der Waals surface area contributed by atoms with E-state index < -0.39 is 18.8 Å². The Hall–Kier alpha value is -3.77. The number of likely N-dealkylation sites (tertiary alicyclic amines) is 1. The SMILES string of the molecule is Cc1nn(CC(F)(F)F)cc1-c1nc(-n2cnc3cc(NC(=O)CN4CCCCC4)ccc32)ccc1C(C)O. The summed E-state index contributed by atoms with van der Waals surface area (Å²) in [5.41, 5.74) is 3.60. The summed E-state index contributed by atoms with van der Waals surface area (Å²) in [6, 6.07) is 8.83. The molecule has 0 spiro atoms. The molecule has 0 radical (unpaired) electrons. The average molecular weight is 542 g/mol. The van der Waals surface area contributed by atoms with Crippen molar-refractivity contribution >= 4 is 22.6 Å². The van der Waals surface area contributed by atoms with Crippen LogP contribution in [0, 0.1) is 6.92 Å². The van der Waals surface area contributed by atoms with Gasteiger partial charge in [-0.15, -0.1) is 0 Å². The number of aliphatic hydroxyl groups is 1. The molecule has 4 heterocycles. The minimum absolute atomic E-state index is 0.0721. The number of nitrogens with zero attached hydrogens (tertiary/aromatic N) is 6. The van der Waals surface area contributed by atoms with Gasteiger partial charge < -0.3 is 10.4 Å². The monoisotopic (exact) mass is 541 g/mol. The normalized spacial score (nSPS) is 15.5. The molecule has 1 atom stereocenters. The summed E-state index contributed by atoms with van der Waals surface area (Å²) in [6.45, 7) is 4.18. The molecule has 1 amide bonds. The van der Waals surface area contributed by atoms with E-state index in [0.29, 0.717) is 46.1 Å². The Morgan fingerprint density at radius 3 is 2.64 bits per heavy atom. The largest absolute Gasteiger partial charge is 0.408 e. The molecule has 1 fully saturated rings. The number of imidazole rings is 1. The lowest BCUT2D eigenvalue weighted by Crippen LogP contribution is -2.36. The number of amides is 1. The number of alkyl halides is 3. The second kappa shape index (κ2) is 10.8. The zero-order valence-electron chi connectivity index (χ0n) is 21.7. The smallest absolute Gasteiger partial charge is 0.389 e. The summed E-state index contributed by atoms with van der Waals surface area (Å²) in [4.78, 5) is 23.9. The Morgan fingerprint density at radius 1 is 1.15 bits per heavy atom. The number of benzene rings is 1. The van der Waals surface area contributed by atoms with Crippen LogP contribution in [0.5, 0.6) is 0 Å². The molecule has 4 aromatic rings. The maximum atomic E-state index is 12.9. The van der Waals surface area contributed by atoms with E-state index in [0.717, 1.165) is 36.1 Å². The fourth-order valence-electron chi connectivity index (χ4n) is 4.96. The van der Waals surface area contributed by atoms with Gasteiger partial charge in [-0.2, -0.15) is 18.3 Å². The van der Waals surface area contributed by atoms with Crippen molar-refractivity contribution in [2.75, 3.05) is 25.0 Å². The fraction of sp³-hybridized carbons (Fsp3) is 0.407. The third-order valence-corrected chi connectivity index (χ3v) is 6.80. The summed E-state index contributed by atoms with van der Waals surface area (Å²) in [7, 11) is 0. The quantitative estimate of drug-likeness (QED) is 0.354. The first-order valence-electron chi connectivity index (χ1n) is 12.9. The first-order chi connectivity index (χ1) is 18.6. The number of carbonyl (C=O) groups is 1. The van der Waals surface area contributed by atoms with Crippen LogP contribution < -0.4 is 5.32 Å². The standard InChI is InChI=1S/C27H30F3N7O2/c1-17-21(13-36(34-17)15-27(28,29)30)26-20(18(2)38)7-9-24(33-26)37-16-31-22-12-19(6-8-23(22)37)32-25(39)14-35-10-4-3-5-11-35/h6-9,12-13,16,18,38H,3-5,10-11,14-15H2,1-2H3,(H,32,39). The molecule has 5 rings (SSSR count). The molecule has 0 bridgehead atoms. The maximum absolute atomic E-state index is 12.9. The van der Waals surface area contributed by atoms with Crippen LogP contribution >= 0.6 is 0 Å². The van der Waals surface area contributed by atoms with E-state index in [1.165, 1.54) is 12.6 Å². The first kappa shape index (κ1) is 26.8. The van der Waals surface area contributed by atoms with Crippen LogP contribution in [0.4, 0.5) is 18.9 Å². The number of pyridine rings is 1. The highest BCUT2D eigenvalue weighted by Crippen LogP contribution is 2.31. The van der Waals surface area contributed by atoms with Gasteiger partial charge in [0, 0.05) is 23.0 Å². The lowest BCUT2D eigenvalue weighted by atomic mass is 10.0. The summed E-state index contributed by atoms with van der Waals surface area (Å²) < 4.78 is 41.4. The van der Waals surface area contributed by atoms with E-state index in [9.17, 15) is 23.1 Å². The van der Waals surface area contributed by atoms with Crippen LogP contribution in [0.15, 0.2) is 42.9 Å². The minimum atomic E-state index is -4.42. The van der Waals surface area contributed by atoms with Crippen LogP contribution in [-0.4, -0.2) is 66.0 Å². The molecule has 1 saturated heterocycles. The van der Waals surface area contributed by atoms with Crippen molar-refractivity contribution in [2.24, 2.45) is 0 Å². The molecule has 206 valence electrons. The number of rotatable bonds is 7. The van der Waals surface area contributed by atoms with Gasteiger partial charge in [-0.1, -0.05) is 12.5 Å². The Bertz CT molecular complexity index is 1490. The lowest BCUT2D eigenvalue weighted by Gasteiger charge is -2.25. The van der Waals surface area contributed by atoms with Gasteiger partial charge >= 0.3 is 6.18 Å². The van der Waals surface area contributed by atoms with Crippen LogP contribution in [0.1, 0.15) is 43.5 Å². The molecule has 0 saturated carbocycles. The summed E-state index contributed by atoms with van der Waals surface area (Å²) >= 11 is 0. The number of aliphatic hydroxyl groups excluding tert-OH is 1. The van der Waals surface area contributed by atoms with Crippen molar-refractivity contribution in [3.8, 4) is 17.1 Å². The number of anilines is 1. The van der Waals surface area contributed by atoms with E-state index in [4.69, 9.17) is 4.98 Å². The predicted octanol–water partition coefficient (Wildman–Crippen LogP) is 4.63. The Kier molecular flexibility index (Phi) is 7.41. The van der Waals surface area contributed by atoms with E-state index in [1.807, 2.05) is 6.07 Å². The van der Waals surface area contributed by atoms with Crippen molar-refractivity contribution in [1.29, 1.82) is 0 Å². The van der Waals surface area contributed by atoms with Crippen molar-refractivity contribution in [3.05, 3.63) is 54.1 Å². The number of aromatic nitrogens is 5. The molecule has 39 heavy (non-hydrogen) atoms. The summed E-state index contributed by atoms with van der Waals surface area (Å²) in [5.74, 6) is 0.402. The molecule has 9 nitrogen and oxygen atoms in total. The van der Waals surface area contributed by atoms with E-state index >= 15 is 0 Å². The van der Waals surface area contributed by atoms with Crippen molar-refractivity contribution in [1.82, 2.24) is 29.2 Å². The fourth-order valence-corrected chi connectivity index (χ4v) is 4.96. The molecule has 1 unspecified atom stereocenters. The highest BCUT2D eigenvalue weighted by Gasteiger charge is 2.29. The topological polar surface area (TPSA) is 101 Å². The van der Waals surface area contributed by atoms with E-state index in [1.54, 1.807) is 49.0 Å². The highest BCUT2D eigenvalue weighted by molar-refractivity contribution is 5.94. The van der Waals surface area contributed by atoms with Gasteiger partial charge in [-0.25, -0.2) is 9.97 Å². The number of hydrogen-bond acceptors (Lipinski definition) is 6. The Labute approximate surface area is 223 Å². The van der Waals surface area contributed by atoms with Gasteiger partial charge in [-0.3, -0.25) is 18.9 Å². The van der Waals surface area contributed by atoms with E-state index in [2.05, 4.69) is 20.3 Å². The third kappa shape index (κ3) is 6.12.